The van der Waals surface area contributed by atoms with Gasteiger partial charge in [0.1, 0.15) is 5.82 Å². The average Bonchev–Trinajstić information content (AvgIpc) is 2.45. The molecule has 0 saturated heterocycles. The Balaban J connectivity index is 1.99. The Morgan fingerprint density at radius 2 is 1.78 bits per heavy atom. The summed E-state index contributed by atoms with van der Waals surface area (Å²) < 4.78 is 0. The smallest absolute Gasteiger partial charge is 0.222 e. The molecule has 2 aromatic carbocycles. The molecule has 0 aliphatic rings. The minimum Gasteiger partial charge on any atom is -0.368 e. The van der Waals surface area contributed by atoms with Crippen molar-refractivity contribution in [2.75, 3.05) is 11.1 Å². The summed E-state index contributed by atoms with van der Waals surface area (Å²) in [6.07, 6.45) is 0. The van der Waals surface area contributed by atoms with E-state index in [4.69, 9.17) is 28.9 Å². The van der Waals surface area contributed by atoms with Crippen molar-refractivity contribution >= 4 is 40.7 Å². The van der Waals surface area contributed by atoms with E-state index in [9.17, 15) is 0 Å². The van der Waals surface area contributed by atoms with Gasteiger partial charge < -0.3 is 11.1 Å². The van der Waals surface area contributed by atoms with Crippen molar-refractivity contribution in [3.63, 3.8) is 0 Å². The minimum atomic E-state index is 0.223. The molecule has 4 nitrogen and oxygen atoms in total. The van der Waals surface area contributed by atoms with Gasteiger partial charge >= 0.3 is 0 Å². The summed E-state index contributed by atoms with van der Waals surface area (Å²) in [5.74, 6) is 0.836. The molecule has 1 aromatic heterocycles. The van der Waals surface area contributed by atoms with Gasteiger partial charge in [0.05, 0.1) is 0 Å². The van der Waals surface area contributed by atoms with Gasteiger partial charge in [0.2, 0.25) is 5.95 Å². The first-order chi connectivity index (χ1) is 11.0. The Kier molecular flexibility index (Phi) is 4.37. The molecule has 1 heterocycles. The normalized spacial score (nSPS) is 10.6. The van der Waals surface area contributed by atoms with Crippen LogP contribution in [0.2, 0.25) is 10.0 Å². The maximum Gasteiger partial charge on any atom is 0.222 e. The molecule has 3 N–H and O–H groups in total. The number of benzene rings is 2. The van der Waals surface area contributed by atoms with E-state index in [0.717, 1.165) is 22.5 Å². The standard InChI is InChI=1S/C17H14Cl2N4/c1-10-6-16(23-17(20)21-10)22-13-8-11(7-12(18)9-13)14-4-2-3-5-15(14)19/h2-9H,1H3,(H3,20,21,22,23). The number of anilines is 3. The molecule has 0 spiro atoms. The number of hydrogen-bond donors (Lipinski definition) is 2. The lowest BCUT2D eigenvalue weighted by Crippen LogP contribution is -2.01. The first kappa shape index (κ1) is 15.6. The lowest BCUT2D eigenvalue weighted by molar-refractivity contribution is 1.12. The molecule has 3 aromatic rings. The molecule has 0 aliphatic heterocycles. The molecule has 0 saturated carbocycles. The molecule has 23 heavy (non-hydrogen) atoms. The maximum absolute atomic E-state index is 6.26. The number of hydrogen-bond acceptors (Lipinski definition) is 4. The van der Waals surface area contributed by atoms with Crippen LogP contribution in [0.1, 0.15) is 5.69 Å². The molecule has 0 atom stereocenters. The maximum atomic E-state index is 6.26. The Labute approximate surface area is 144 Å². The van der Waals surface area contributed by atoms with Crippen LogP contribution >= 0.6 is 23.2 Å². The monoisotopic (exact) mass is 344 g/mol. The highest BCUT2D eigenvalue weighted by Gasteiger charge is 2.07. The predicted octanol–water partition coefficient (Wildman–Crippen LogP) is 5.08. The molecule has 6 heteroatoms. The van der Waals surface area contributed by atoms with E-state index in [1.807, 2.05) is 55.5 Å². The largest absolute Gasteiger partial charge is 0.368 e. The van der Waals surface area contributed by atoms with Gasteiger partial charge in [-0.15, -0.1) is 0 Å². The van der Waals surface area contributed by atoms with Crippen molar-refractivity contribution in [3.05, 3.63) is 64.3 Å². The fraction of sp³-hybridized carbons (Fsp3) is 0.0588. The molecular formula is C17H14Cl2N4. The topological polar surface area (TPSA) is 63.8 Å². The Hall–Kier alpha value is -2.30. The molecule has 0 amide bonds. The van der Waals surface area contributed by atoms with Crippen LogP contribution in [0.25, 0.3) is 11.1 Å². The third-order valence-corrected chi connectivity index (χ3v) is 3.77. The lowest BCUT2D eigenvalue weighted by atomic mass is 10.1. The van der Waals surface area contributed by atoms with Crippen LogP contribution in [0.4, 0.5) is 17.5 Å². The molecule has 0 bridgehead atoms. The first-order valence-electron chi connectivity index (χ1n) is 6.95. The van der Waals surface area contributed by atoms with Crippen molar-refractivity contribution < 1.29 is 0 Å². The Morgan fingerprint density at radius 3 is 2.52 bits per heavy atom. The number of aryl methyl sites for hydroxylation is 1. The first-order valence-corrected chi connectivity index (χ1v) is 7.70. The molecular weight excluding hydrogens is 331 g/mol. The van der Waals surface area contributed by atoms with Gasteiger partial charge in [-0.2, -0.15) is 4.98 Å². The molecule has 0 aliphatic carbocycles. The van der Waals surface area contributed by atoms with Gasteiger partial charge in [0.15, 0.2) is 0 Å². The second kappa shape index (κ2) is 6.44. The third-order valence-electron chi connectivity index (χ3n) is 3.23. The van der Waals surface area contributed by atoms with Gasteiger partial charge in [-0.3, -0.25) is 0 Å². The highest BCUT2D eigenvalue weighted by atomic mass is 35.5. The summed E-state index contributed by atoms with van der Waals surface area (Å²) in [6, 6.07) is 15.1. The summed E-state index contributed by atoms with van der Waals surface area (Å²) in [7, 11) is 0. The quantitative estimate of drug-likeness (QED) is 0.694. The zero-order chi connectivity index (χ0) is 16.4. The van der Waals surface area contributed by atoms with Gasteiger partial charge in [0, 0.05) is 33.1 Å². The van der Waals surface area contributed by atoms with Crippen LogP contribution in [-0.4, -0.2) is 9.97 Å². The summed E-state index contributed by atoms with van der Waals surface area (Å²) >= 11 is 12.5. The van der Waals surface area contributed by atoms with Crippen LogP contribution in [0.15, 0.2) is 48.5 Å². The number of aromatic nitrogens is 2. The highest BCUT2D eigenvalue weighted by molar-refractivity contribution is 6.34. The van der Waals surface area contributed by atoms with Gasteiger partial charge in [-0.05, 0) is 36.8 Å². The molecule has 3 rings (SSSR count). The average molecular weight is 345 g/mol. The van der Waals surface area contributed by atoms with Crippen LogP contribution in [0.3, 0.4) is 0 Å². The Morgan fingerprint density at radius 1 is 1.00 bits per heavy atom. The van der Waals surface area contributed by atoms with Gasteiger partial charge in [0.25, 0.3) is 0 Å². The summed E-state index contributed by atoms with van der Waals surface area (Å²) in [6.45, 7) is 1.86. The summed E-state index contributed by atoms with van der Waals surface area (Å²) in [5.41, 5.74) is 9.10. The zero-order valence-corrected chi connectivity index (χ0v) is 13.9. The number of nitrogen functional groups attached to an aromatic ring is 1. The Bertz CT molecular complexity index is 845. The van der Waals surface area contributed by atoms with E-state index >= 15 is 0 Å². The molecule has 0 unspecified atom stereocenters. The second-order valence-electron chi connectivity index (χ2n) is 5.09. The number of nitrogens with zero attached hydrogens (tertiary/aromatic N) is 2. The van der Waals surface area contributed by atoms with E-state index in [1.165, 1.54) is 0 Å². The van der Waals surface area contributed by atoms with Crippen LogP contribution < -0.4 is 11.1 Å². The summed E-state index contributed by atoms with van der Waals surface area (Å²) in [4.78, 5) is 8.22. The fourth-order valence-electron chi connectivity index (χ4n) is 2.32. The van der Waals surface area contributed by atoms with Crippen LogP contribution in [-0.2, 0) is 0 Å². The van der Waals surface area contributed by atoms with E-state index in [2.05, 4.69) is 15.3 Å². The van der Waals surface area contributed by atoms with E-state index in [-0.39, 0.29) is 5.95 Å². The van der Waals surface area contributed by atoms with Gasteiger partial charge in [-0.1, -0.05) is 41.4 Å². The van der Waals surface area contributed by atoms with E-state index in [0.29, 0.717) is 15.9 Å². The number of rotatable bonds is 3. The minimum absolute atomic E-state index is 0.223. The van der Waals surface area contributed by atoms with Crippen LogP contribution in [0, 0.1) is 6.92 Å². The fourth-order valence-corrected chi connectivity index (χ4v) is 2.80. The van der Waals surface area contributed by atoms with Crippen molar-refractivity contribution in [2.45, 2.75) is 6.92 Å². The number of nitrogens with one attached hydrogen (secondary N) is 1. The highest BCUT2D eigenvalue weighted by Crippen LogP contribution is 2.32. The molecule has 116 valence electrons. The van der Waals surface area contributed by atoms with E-state index in [1.54, 1.807) is 0 Å². The van der Waals surface area contributed by atoms with Crippen molar-refractivity contribution in [1.29, 1.82) is 0 Å². The third kappa shape index (κ3) is 3.73. The second-order valence-corrected chi connectivity index (χ2v) is 5.93. The van der Waals surface area contributed by atoms with E-state index < -0.39 is 0 Å². The molecule has 0 fully saturated rings. The van der Waals surface area contributed by atoms with Crippen molar-refractivity contribution in [3.8, 4) is 11.1 Å². The van der Waals surface area contributed by atoms with Crippen molar-refractivity contribution in [2.24, 2.45) is 0 Å². The zero-order valence-electron chi connectivity index (χ0n) is 12.3. The lowest BCUT2D eigenvalue weighted by Gasteiger charge is -2.11. The molecule has 0 radical (unpaired) electrons. The van der Waals surface area contributed by atoms with Gasteiger partial charge in [-0.25, -0.2) is 4.98 Å². The SMILES string of the molecule is Cc1cc(Nc2cc(Cl)cc(-c3ccccc3Cl)c2)nc(N)n1. The number of nitrogens with two attached hydrogens (primary N) is 1. The number of halogens is 2. The summed E-state index contributed by atoms with van der Waals surface area (Å²) in [5, 5.41) is 4.47. The van der Waals surface area contributed by atoms with Crippen molar-refractivity contribution in [1.82, 2.24) is 9.97 Å². The van der Waals surface area contributed by atoms with Crippen LogP contribution in [0.5, 0.6) is 0 Å². The predicted molar refractivity (Wildman–Crippen MR) is 96.4 cm³/mol.